The minimum absolute atomic E-state index is 0.151. The molecule has 0 unspecified atom stereocenters. The van der Waals surface area contributed by atoms with Crippen LogP contribution in [0.3, 0.4) is 0 Å². The summed E-state index contributed by atoms with van der Waals surface area (Å²) in [6.45, 7) is 10.4. The van der Waals surface area contributed by atoms with Crippen molar-refractivity contribution in [1.29, 1.82) is 0 Å². The Hall–Kier alpha value is -0.510. The normalized spacial score (nSPS) is 11.8. The van der Waals surface area contributed by atoms with Crippen molar-refractivity contribution in [2.45, 2.75) is 44.7 Å². The zero-order valence-corrected chi connectivity index (χ0v) is 13.0. The summed E-state index contributed by atoms with van der Waals surface area (Å²) in [5.41, 5.74) is 2.85. The zero-order valence-electron chi connectivity index (χ0n) is 12.2. The van der Waals surface area contributed by atoms with Crippen molar-refractivity contribution < 1.29 is 4.74 Å². The monoisotopic (exact) mass is 267 g/mol. The lowest BCUT2D eigenvalue weighted by Gasteiger charge is -2.22. The molecule has 0 bridgehead atoms. The molecule has 0 saturated carbocycles. The van der Waals surface area contributed by atoms with Crippen LogP contribution in [0.2, 0.25) is 0 Å². The molecule has 0 heterocycles. The molecule has 0 fully saturated rings. The summed E-state index contributed by atoms with van der Waals surface area (Å²) in [4.78, 5) is 1.36. The number of nitrogens with one attached hydrogen (secondary N) is 1. The molecule has 0 saturated heterocycles. The fourth-order valence-electron chi connectivity index (χ4n) is 1.58. The van der Waals surface area contributed by atoms with Gasteiger partial charge in [-0.05, 0) is 39.3 Å². The summed E-state index contributed by atoms with van der Waals surface area (Å²) in [6.07, 6.45) is 0. The van der Waals surface area contributed by atoms with Crippen LogP contribution < -0.4 is 5.32 Å². The first-order valence-electron chi connectivity index (χ1n) is 6.38. The van der Waals surface area contributed by atoms with E-state index in [4.69, 9.17) is 4.74 Å². The maximum absolute atomic E-state index is 5.10. The Balaban J connectivity index is 2.70. The van der Waals surface area contributed by atoms with Crippen molar-refractivity contribution >= 4 is 11.8 Å². The van der Waals surface area contributed by atoms with E-state index in [0.717, 1.165) is 18.9 Å². The van der Waals surface area contributed by atoms with Crippen molar-refractivity contribution in [3.63, 3.8) is 0 Å². The van der Waals surface area contributed by atoms with Crippen LogP contribution in [0.1, 0.15) is 31.9 Å². The molecular formula is C15H25NOS. The van der Waals surface area contributed by atoms with Crippen molar-refractivity contribution in [1.82, 2.24) is 5.32 Å². The first-order valence-corrected chi connectivity index (χ1v) is 7.37. The summed E-state index contributed by atoms with van der Waals surface area (Å²) in [5.74, 6) is 1.00. The van der Waals surface area contributed by atoms with E-state index in [9.17, 15) is 0 Å². The van der Waals surface area contributed by atoms with E-state index in [1.807, 2.05) is 11.8 Å². The molecular weight excluding hydrogens is 242 g/mol. The highest BCUT2D eigenvalue weighted by molar-refractivity contribution is 7.99. The molecule has 1 N–H and O–H groups in total. The van der Waals surface area contributed by atoms with E-state index < -0.39 is 0 Å². The fraction of sp³-hybridized carbons (Fsp3) is 0.600. The maximum Gasteiger partial charge on any atom is 0.0556 e. The van der Waals surface area contributed by atoms with E-state index in [1.165, 1.54) is 16.0 Å². The van der Waals surface area contributed by atoms with Crippen LogP contribution >= 0.6 is 11.8 Å². The summed E-state index contributed by atoms with van der Waals surface area (Å²) in [5, 5.41) is 3.55. The topological polar surface area (TPSA) is 21.3 Å². The Morgan fingerprint density at radius 3 is 2.61 bits per heavy atom. The van der Waals surface area contributed by atoms with E-state index in [1.54, 1.807) is 7.11 Å². The number of thioether (sulfide) groups is 1. The molecule has 1 aromatic carbocycles. The third kappa shape index (κ3) is 5.89. The lowest BCUT2D eigenvalue weighted by atomic mass is 10.1. The van der Waals surface area contributed by atoms with Crippen molar-refractivity contribution in [3.8, 4) is 0 Å². The van der Waals surface area contributed by atoms with Crippen LogP contribution in [0.5, 0.6) is 0 Å². The van der Waals surface area contributed by atoms with Gasteiger partial charge in [-0.25, -0.2) is 0 Å². The minimum atomic E-state index is 0.151. The van der Waals surface area contributed by atoms with E-state index in [-0.39, 0.29) is 5.54 Å². The minimum Gasteiger partial charge on any atom is -0.384 e. The van der Waals surface area contributed by atoms with Crippen molar-refractivity contribution in [2.75, 3.05) is 19.5 Å². The Morgan fingerprint density at radius 1 is 1.28 bits per heavy atom. The van der Waals surface area contributed by atoms with Crippen LogP contribution in [0.25, 0.3) is 0 Å². The van der Waals surface area contributed by atoms with Gasteiger partial charge < -0.3 is 10.1 Å². The van der Waals surface area contributed by atoms with Gasteiger partial charge in [-0.15, -0.1) is 11.8 Å². The van der Waals surface area contributed by atoms with Gasteiger partial charge in [0, 0.05) is 29.8 Å². The summed E-state index contributed by atoms with van der Waals surface area (Å²) in [7, 11) is 1.75. The Morgan fingerprint density at radius 2 is 2.00 bits per heavy atom. The highest BCUT2D eigenvalue weighted by Gasteiger charge is 2.10. The lowest BCUT2D eigenvalue weighted by molar-refractivity contribution is 0.218. The number of hydrogen-bond acceptors (Lipinski definition) is 3. The van der Waals surface area contributed by atoms with E-state index in [2.05, 4.69) is 51.2 Å². The molecule has 0 spiro atoms. The summed E-state index contributed by atoms with van der Waals surface area (Å²) >= 11 is 1.87. The number of aryl methyl sites for hydroxylation is 1. The van der Waals surface area contributed by atoms with E-state index >= 15 is 0 Å². The molecule has 0 aliphatic heterocycles. The number of hydrogen-bond donors (Lipinski definition) is 1. The third-order valence-electron chi connectivity index (χ3n) is 2.57. The molecule has 0 aliphatic rings. The van der Waals surface area contributed by atoms with Crippen molar-refractivity contribution in [3.05, 3.63) is 29.3 Å². The summed E-state index contributed by atoms with van der Waals surface area (Å²) in [6, 6.07) is 6.67. The Bertz CT molecular complexity index is 371. The molecule has 102 valence electrons. The van der Waals surface area contributed by atoms with Gasteiger partial charge in [0.25, 0.3) is 0 Å². The number of benzene rings is 1. The van der Waals surface area contributed by atoms with Crippen LogP contribution in [0, 0.1) is 6.92 Å². The standard InChI is InChI=1S/C15H25NOS/c1-12-6-7-14(18-9-8-17-5)13(10-12)11-16-15(2,3)4/h6-7,10,16H,8-9,11H2,1-5H3. The largest absolute Gasteiger partial charge is 0.384 e. The third-order valence-corrected chi connectivity index (χ3v) is 3.65. The van der Waals surface area contributed by atoms with Gasteiger partial charge in [0.1, 0.15) is 0 Å². The van der Waals surface area contributed by atoms with Gasteiger partial charge in [0.15, 0.2) is 0 Å². The zero-order chi connectivity index (χ0) is 13.6. The summed E-state index contributed by atoms with van der Waals surface area (Å²) < 4.78 is 5.10. The average molecular weight is 267 g/mol. The molecule has 0 aromatic heterocycles. The fourth-order valence-corrected chi connectivity index (χ4v) is 2.53. The molecule has 1 aromatic rings. The first-order chi connectivity index (χ1) is 8.42. The predicted octanol–water partition coefficient (Wildman–Crippen LogP) is 3.62. The molecule has 0 amide bonds. The van der Waals surface area contributed by atoms with Crippen LogP contribution in [0.15, 0.2) is 23.1 Å². The molecule has 3 heteroatoms. The van der Waals surface area contributed by atoms with Gasteiger partial charge in [0.2, 0.25) is 0 Å². The first kappa shape index (κ1) is 15.5. The highest BCUT2D eigenvalue weighted by atomic mass is 32.2. The van der Waals surface area contributed by atoms with Crippen molar-refractivity contribution in [2.24, 2.45) is 0 Å². The van der Waals surface area contributed by atoms with Gasteiger partial charge in [-0.1, -0.05) is 17.7 Å². The molecule has 0 atom stereocenters. The van der Waals surface area contributed by atoms with Crippen LogP contribution in [-0.2, 0) is 11.3 Å². The molecule has 0 radical (unpaired) electrons. The average Bonchev–Trinajstić information content (AvgIpc) is 2.28. The number of rotatable bonds is 6. The second kappa shape index (κ2) is 7.17. The molecule has 0 aliphatic carbocycles. The molecule has 1 rings (SSSR count). The van der Waals surface area contributed by atoms with Crippen LogP contribution in [0.4, 0.5) is 0 Å². The molecule has 2 nitrogen and oxygen atoms in total. The lowest BCUT2D eigenvalue weighted by Crippen LogP contribution is -2.35. The van der Waals surface area contributed by atoms with Gasteiger partial charge in [-0.3, -0.25) is 0 Å². The number of methoxy groups -OCH3 is 1. The van der Waals surface area contributed by atoms with Crippen LogP contribution in [-0.4, -0.2) is 25.0 Å². The van der Waals surface area contributed by atoms with E-state index in [0.29, 0.717) is 0 Å². The SMILES string of the molecule is COCCSc1ccc(C)cc1CNC(C)(C)C. The second-order valence-corrected chi connectivity index (χ2v) is 6.69. The quantitative estimate of drug-likeness (QED) is 0.628. The van der Waals surface area contributed by atoms with Gasteiger partial charge >= 0.3 is 0 Å². The smallest absolute Gasteiger partial charge is 0.0556 e. The Labute approximate surface area is 116 Å². The Kier molecular flexibility index (Phi) is 6.19. The maximum atomic E-state index is 5.10. The molecule has 18 heavy (non-hydrogen) atoms. The number of ether oxygens (including phenoxy) is 1. The predicted molar refractivity (Wildman–Crippen MR) is 80.4 cm³/mol. The van der Waals surface area contributed by atoms with Gasteiger partial charge in [-0.2, -0.15) is 0 Å². The second-order valence-electron chi connectivity index (χ2n) is 5.56. The van der Waals surface area contributed by atoms with Gasteiger partial charge in [0.05, 0.1) is 6.61 Å². The highest BCUT2D eigenvalue weighted by Crippen LogP contribution is 2.24.